The first-order valence-electron chi connectivity index (χ1n) is 13.5. The zero-order valence-electron chi connectivity index (χ0n) is 22.8. The van der Waals surface area contributed by atoms with E-state index < -0.39 is 92.7 Å². The van der Waals surface area contributed by atoms with Crippen LogP contribution in [0.2, 0.25) is 0 Å². The van der Waals surface area contributed by atoms with Crippen molar-refractivity contribution in [2.75, 3.05) is 4.90 Å². The highest BCUT2D eigenvalue weighted by Gasteiger charge is 2.77. The van der Waals surface area contributed by atoms with E-state index in [9.17, 15) is 37.5 Å². The Labute approximate surface area is 263 Å². The SMILES string of the molecule is O=C1N(c2c(F)c(F)c(F)c(F)c2F)C(=O)C2(Cl)C(c3ccc(CO)o3)C3=CCn4c(=O)n(-c5ccccc5)c(=O)n4C3CC12Cl. The number of amides is 2. The van der Waals surface area contributed by atoms with Gasteiger partial charge in [-0.2, -0.15) is 0 Å². The maximum atomic E-state index is 15.1. The number of para-hydroxylation sites is 1. The Morgan fingerprint density at radius 2 is 1.48 bits per heavy atom. The number of allylic oxidation sites excluding steroid dienone is 2. The fourth-order valence-corrected chi connectivity index (χ4v) is 7.47. The third kappa shape index (κ3) is 3.61. The molecule has 4 unspecified atom stereocenters. The zero-order valence-corrected chi connectivity index (χ0v) is 24.3. The molecule has 2 aromatic heterocycles. The maximum absolute atomic E-state index is 15.1. The van der Waals surface area contributed by atoms with Crippen molar-refractivity contribution in [3.8, 4) is 5.69 Å². The van der Waals surface area contributed by atoms with Crippen molar-refractivity contribution in [3.63, 3.8) is 0 Å². The standard InChI is InChI=1S/C29H17Cl2F5N4O6/c30-28-10-15-14(8-9-37-26(44)38(27(45)40(15)37)12-4-2-1-3-5-12)17(16-7-6-13(11-41)46-16)29(28,31)25(43)39(24(28)42)23-21(35)19(33)18(32)20(34)22(23)36/h1-8,15,17,41H,9-11H2. The number of hydrogen-bond donors (Lipinski definition) is 1. The normalized spacial score (nSPS) is 25.4. The van der Waals surface area contributed by atoms with Crippen molar-refractivity contribution in [2.24, 2.45) is 0 Å². The lowest BCUT2D eigenvalue weighted by Crippen LogP contribution is -2.59. The fourth-order valence-electron chi connectivity index (χ4n) is 6.57. The van der Waals surface area contributed by atoms with Crippen LogP contribution in [0, 0.1) is 29.1 Å². The molecule has 2 aromatic carbocycles. The molecule has 1 saturated carbocycles. The molecule has 0 radical (unpaired) electrons. The Bertz CT molecular complexity index is 2130. The van der Waals surface area contributed by atoms with E-state index in [0.717, 1.165) is 13.9 Å². The third-order valence-electron chi connectivity index (χ3n) is 8.63. The molecule has 1 N–H and O–H groups in total. The van der Waals surface area contributed by atoms with Gasteiger partial charge >= 0.3 is 11.4 Å². The Morgan fingerprint density at radius 1 is 0.848 bits per heavy atom. The first-order valence-corrected chi connectivity index (χ1v) is 14.2. The van der Waals surface area contributed by atoms with Crippen LogP contribution in [-0.2, 0) is 22.7 Å². The summed E-state index contributed by atoms with van der Waals surface area (Å²) in [5.74, 6) is -17.5. The Morgan fingerprint density at radius 3 is 2.09 bits per heavy atom. The molecule has 2 aliphatic heterocycles. The number of fused-ring (bicyclic) bond motifs is 4. The molecular formula is C29H17Cl2F5N4O6. The number of aromatic nitrogens is 3. The van der Waals surface area contributed by atoms with Crippen LogP contribution in [0.4, 0.5) is 27.6 Å². The largest absolute Gasteiger partial charge is 0.463 e. The van der Waals surface area contributed by atoms with Gasteiger partial charge in [-0.15, -0.1) is 23.2 Å². The summed E-state index contributed by atoms with van der Waals surface area (Å²) in [6, 6.07) is 9.10. The molecule has 4 aromatic rings. The first kappa shape index (κ1) is 30.2. The first-order chi connectivity index (χ1) is 21.8. The molecule has 46 heavy (non-hydrogen) atoms. The van der Waals surface area contributed by atoms with Gasteiger partial charge in [0.1, 0.15) is 23.8 Å². The summed E-state index contributed by atoms with van der Waals surface area (Å²) >= 11 is 13.9. The van der Waals surface area contributed by atoms with E-state index in [1.807, 2.05) is 0 Å². The molecule has 1 saturated heterocycles. The minimum absolute atomic E-state index is 0.0355. The number of benzene rings is 2. The van der Waals surface area contributed by atoms with E-state index in [1.54, 1.807) is 18.2 Å². The number of anilines is 1. The maximum Gasteiger partial charge on any atom is 0.352 e. The number of aliphatic hydroxyl groups excluding tert-OH is 1. The average Bonchev–Trinajstić information content (AvgIpc) is 3.66. The van der Waals surface area contributed by atoms with Crippen LogP contribution in [0.1, 0.15) is 29.9 Å². The summed E-state index contributed by atoms with van der Waals surface area (Å²) in [5.41, 5.74) is -3.21. The molecule has 1 aliphatic carbocycles. The number of rotatable bonds is 4. The molecular weight excluding hydrogens is 666 g/mol. The van der Waals surface area contributed by atoms with Crippen LogP contribution in [0.5, 0.6) is 0 Å². The highest BCUT2D eigenvalue weighted by atomic mass is 35.5. The van der Waals surface area contributed by atoms with E-state index >= 15 is 8.78 Å². The van der Waals surface area contributed by atoms with E-state index in [0.29, 0.717) is 0 Å². The molecule has 4 heterocycles. The number of hydrogen-bond acceptors (Lipinski definition) is 6. The van der Waals surface area contributed by atoms with Crippen molar-refractivity contribution in [1.82, 2.24) is 13.9 Å². The van der Waals surface area contributed by atoms with Gasteiger partial charge < -0.3 is 9.52 Å². The summed E-state index contributed by atoms with van der Waals surface area (Å²) in [5, 5.41) is 9.64. The number of alkyl halides is 2. The Balaban J connectivity index is 1.48. The van der Waals surface area contributed by atoms with Crippen molar-refractivity contribution >= 4 is 40.7 Å². The smallest absolute Gasteiger partial charge is 0.352 e. The van der Waals surface area contributed by atoms with Crippen LogP contribution in [0.25, 0.3) is 5.69 Å². The lowest BCUT2D eigenvalue weighted by atomic mass is 9.65. The molecule has 2 amide bonds. The molecule has 3 aliphatic rings. The molecule has 2 fully saturated rings. The van der Waals surface area contributed by atoms with Crippen LogP contribution in [-0.4, -0.2) is 40.6 Å². The molecule has 238 valence electrons. The second kappa shape index (κ2) is 10.0. The molecule has 17 heteroatoms. The van der Waals surface area contributed by atoms with Gasteiger partial charge in [0, 0.05) is 6.42 Å². The second-order valence-corrected chi connectivity index (χ2v) is 12.1. The highest BCUT2D eigenvalue weighted by Crippen LogP contribution is 2.64. The van der Waals surface area contributed by atoms with Crippen molar-refractivity contribution < 1.29 is 41.1 Å². The van der Waals surface area contributed by atoms with Gasteiger partial charge in [-0.25, -0.2) is 50.4 Å². The van der Waals surface area contributed by atoms with E-state index in [1.165, 1.54) is 30.3 Å². The van der Waals surface area contributed by atoms with Gasteiger partial charge in [0.25, 0.3) is 11.8 Å². The summed E-state index contributed by atoms with van der Waals surface area (Å²) in [6.07, 6.45) is 0.689. The lowest BCUT2D eigenvalue weighted by molar-refractivity contribution is -0.122. The second-order valence-electron chi connectivity index (χ2n) is 10.9. The average molecular weight is 683 g/mol. The number of halogens is 7. The summed E-state index contributed by atoms with van der Waals surface area (Å²) < 4.78 is 81.2. The minimum atomic E-state index is -2.74. The van der Waals surface area contributed by atoms with Gasteiger partial charge in [-0.3, -0.25) is 9.59 Å². The number of furan rings is 1. The number of aliphatic hydroxyl groups is 1. The lowest BCUT2D eigenvalue weighted by Gasteiger charge is -2.48. The Kier molecular flexibility index (Phi) is 6.57. The summed E-state index contributed by atoms with van der Waals surface area (Å²) in [6.45, 7) is -0.880. The number of carbonyl (C=O) groups is 2. The van der Waals surface area contributed by atoms with Crippen molar-refractivity contribution in [3.05, 3.63) is 116 Å². The molecule has 0 bridgehead atoms. The van der Waals surface area contributed by atoms with Crippen molar-refractivity contribution in [1.29, 1.82) is 0 Å². The van der Waals surface area contributed by atoms with E-state index in [2.05, 4.69) is 0 Å². The molecule has 10 nitrogen and oxygen atoms in total. The minimum Gasteiger partial charge on any atom is -0.463 e. The van der Waals surface area contributed by atoms with Gasteiger partial charge in [0.05, 0.1) is 24.2 Å². The van der Waals surface area contributed by atoms with Gasteiger partial charge in [0.2, 0.25) is 5.82 Å². The van der Waals surface area contributed by atoms with E-state index in [-0.39, 0.29) is 34.2 Å². The van der Waals surface area contributed by atoms with Crippen LogP contribution in [0.15, 0.2) is 68.1 Å². The Hall–Kier alpha value is -4.47. The fraction of sp³-hybridized carbons (Fsp3) is 0.241. The molecule has 0 spiro atoms. The van der Waals surface area contributed by atoms with Crippen LogP contribution >= 0.6 is 23.2 Å². The highest BCUT2D eigenvalue weighted by molar-refractivity contribution is 6.58. The van der Waals surface area contributed by atoms with Gasteiger partial charge in [-0.05, 0) is 29.8 Å². The zero-order chi connectivity index (χ0) is 33.0. The molecule has 4 atom stereocenters. The van der Waals surface area contributed by atoms with Crippen LogP contribution < -0.4 is 16.3 Å². The monoisotopic (exact) mass is 682 g/mol. The predicted molar refractivity (Wildman–Crippen MR) is 149 cm³/mol. The van der Waals surface area contributed by atoms with Crippen LogP contribution in [0.3, 0.4) is 0 Å². The number of carbonyl (C=O) groups excluding carboxylic acids is 2. The number of imide groups is 1. The quantitative estimate of drug-likeness (QED) is 0.0874. The predicted octanol–water partition coefficient (Wildman–Crippen LogP) is 3.78. The third-order valence-corrected chi connectivity index (χ3v) is 10.0. The number of nitrogens with zero attached hydrogens (tertiary/aromatic N) is 4. The topological polar surface area (TPSA) is 120 Å². The van der Waals surface area contributed by atoms with Gasteiger partial charge in [-0.1, -0.05) is 24.3 Å². The van der Waals surface area contributed by atoms with Crippen molar-refractivity contribution in [2.45, 2.75) is 41.3 Å². The summed E-state index contributed by atoms with van der Waals surface area (Å²) in [7, 11) is 0. The van der Waals surface area contributed by atoms with E-state index in [4.69, 9.17) is 27.6 Å². The molecule has 7 rings (SSSR count). The summed E-state index contributed by atoms with van der Waals surface area (Å²) in [4.78, 5) is 49.8. The van der Waals surface area contributed by atoms with Gasteiger partial charge in [0.15, 0.2) is 33.0 Å².